The maximum absolute atomic E-state index is 12.5. The monoisotopic (exact) mass is 362 g/mol. The molecule has 0 aromatic carbocycles. The van der Waals surface area contributed by atoms with Crippen LogP contribution < -0.4 is 10.6 Å². The van der Waals surface area contributed by atoms with Crippen LogP contribution >= 0.6 is 11.3 Å². The number of ether oxygens (including phenoxy) is 1. The summed E-state index contributed by atoms with van der Waals surface area (Å²) in [5.74, 6) is 1.51. The topological polar surface area (TPSA) is 50.4 Å². The summed E-state index contributed by atoms with van der Waals surface area (Å²) in [6.45, 7) is 5.12. The molecule has 0 radical (unpaired) electrons. The summed E-state index contributed by atoms with van der Waals surface area (Å²) >= 11 is 1.67. The van der Waals surface area contributed by atoms with Gasteiger partial charge in [-0.25, -0.2) is 0 Å². The van der Waals surface area contributed by atoms with Crippen molar-refractivity contribution in [3.8, 4) is 0 Å². The smallest absolute Gasteiger partial charge is 0.261 e. The van der Waals surface area contributed by atoms with Crippen LogP contribution in [-0.2, 0) is 4.74 Å². The Labute approximate surface area is 154 Å². The molecular weight excluding hydrogens is 332 g/mol. The second-order valence-corrected chi connectivity index (χ2v) is 9.25. The lowest BCUT2D eigenvalue weighted by atomic mass is 10.0. The lowest BCUT2D eigenvalue weighted by Crippen LogP contribution is -2.32. The molecule has 3 aliphatic rings. The van der Waals surface area contributed by atoms with Crippen LogP contribution in [0.3, 0.4) is 0 Å². The van der Waals surface area contributed by atoms with E-state index in [1.807, 2.05) is 0 Å². The molecule has 2 atom stereocenters. The summed E-state index contributed by atoms with van der Waals surface area (Å²) in [5.41, 5.74) is 1.39. The van der Waals surface area contributed by atoms with Crippen molar-refractivity contribution >= 4 is 17.2 Å². The molecule has 5 heteroatoms. The van der Waals surface area contributed by atoms with Gasteiger partial charge in [0.2, 0.25) is 0 Å². The fraction of sp³-hybridized carbons (Fsp3) is 0.750. The first-order chi connectivity index (χ1) is 12.2. The van der Waals surface area contributed by atoms with E-state index < -0.39 is 0 Å². The number of nitrogens with one attached hydrogen (secondary N) is 2. The van der Waals surface area contributed by atoms with Crippen molar-refractivity contribution in [2.24, 2.45) is 5.92 Å². The molecule has 1 aromatic rings. The van der Waals surface area contributed by atoms with E-state index in [0.717, 1.165) is 43.4 Å². The van der Waals surface area contributed by atoms with Gasteiger partial charge in [0.1, 0.15) is 0 Å². The molecule has 138 valence electrons. The highest BCUT2D eigenvalue weighted by Crippen LogP contribution is 2.44. The first kappa shape index (κ1) is 17.5. The summed E-state index contributed by atoms with van der Waals surface area (Å²) in [4.78, 5) is 14.7. The average molecular weight is 363 g/mol. The molecule has 3 fully saturated rings. The van der Waals surface area contributed by atoms with Gasteiger partial charge in [0.05, 0.1) is 4.88 Å². The molecule has 1 amide bonds. The van der Waals surface area contributed by atoms with Gasteiger partial charge in [-0.15, -0.1) is 11.3 Å². The number of rotatable bonds is 6. The largest absolute Gasteiger partial charge is 0.381 e. The Morgan fingerprint density at radius 2 is 2.00 bits per heavy atom. The van der Waals surface area contributed by atoms with Crippen LogP contribution in [0.25, 0.3) is 0 Å². The van der Waals surface area contributed by atoms with Crippen LogP contribution in [0.2, 0.25) is 0 Å². The Morgan fingerprint density at radius 1 is 1.24 bits per heavy atom. The number of aryl methyl sites for hydroxylation is 1. The molecular formula is C20H30N2O2S. The predicted octanol–water partition coefficient (Wildman–Crippen LogP) is 3.60. The third-order valence-electron chi connectivity index (χ3n) is 6.07. The van der Waals surface area contributed by atoms with E-state index in [1.165, 1.54) is 42.5 Å². The van der Waals surface area contributed by atoms with Crippen LogP contribution in [-0.4, -0.2) is 37.7 Å². The van der Waals surface area contributed by atoms with Gasteiger partial charge < -0.3 is 15.4 Å². The normalized spacial score (nSPS) is 27.6. The molecule has 0 spiro atoms. The number of carbonyl (C=O) groups excluding carboxylic acids is 1. The van der Waals surface area contributed by atoms with Crippen LogP contribution in [0.5, 0.6) is 0 Å². The summed E-state index contributed by atoms with van der Waals surface area (Å²) in [5, 5.41) is 6.97. The summed E-state index contributed by atoms with van der Waals surface area (Å²) < 4.78 is 5.44. The quantitative estimate of drug-likeness (QED) is 0.813. The molecule has 2 saturated carbocycles. The van der Waals surface area contributed by atoms with E-state index in [4.69, 9.17) is 4.74 Å². The van der Waals surface area contributed by atoms with E-state index in [1.54, 1.807) is 11.3 Å². The van der Waals surface area contributed by atoms with Gasteiger partial charge in [0.25, 0.3) is 5.91 Å². The standard InChI is InChI=1S/C20H30N2O2S/c1-13-16(11-19(25-13)20(23)22-15-4-2-3-5-15)17-10-18(17)21-12-14-6-8-24-9-7-14/h11,14-15,17-18,21H,2-10,12H2,1H3,(H,22,23). The zero-order valence-electron chi connectivity index (χ0n) is 15.2. The molecule has 1 aromatic heterocycles. The Hall–Kier alpha value is -0.910. The van der Waals surface area contributed by atoms with E-state index in [0.29, 0.717) is 18.0 Å². The Kier molecular flexibility index (Phi) is 5.44. The first-order valence-corrected chi connectivity index (χ1v) is 10.7. The highest BCUT2D eigenvalue weighted by molar-refractivity contribution is 7.14. The highest BCUT2D eigenvalue weighted by atomic mass is 32.1. The number of amides is 1. The van der Waals surface area contributed by atoms with E-state index in [9.17, 15) is 4.79 Å². The third kappa shape index (κ3) is 4.26. The molecule has 2 heterocycles. The molecule has 2 N–H and O–H groups in total. The molecule has 1 saturated heterocycles. The van der Waals surface area contributed by atoms with Gasteiger partial charge in [0.15, 0.2) is 0 Å². The Morgan fingerprint density at radius 3 is 2.76 bits per heavy atom. The van der Waals surface area contributed by atoms with Gasteiger partial charge in [-0.1, -0.05) is 12.8 Å². The fourth-order valence-electron chi connectivity index (χ4n) is 4.34. The van der Waals surface area contributed by atoms with Gasteiger partial charge >= 0.3 is 0 Å². The second-order valence-electron chi connectivity index (χ2n) is 7.99. The number of hydrogen-bond donors (Lipinski definition) is 2. The molecule has 0 bridgehead atoms. The molecule has 1 aliphatic heterocycles. The van der Waals surface area contributed by atoms with Gasteiger partial charge in [-0.05, 0) is 63.1 Å². The van der Waals surface area contributed by atoms with Crippen molar-refractivity contribution in [1.29, 1.82) is 0 Å². The second kappa shape index (κ2) is 7.77. The average Bonchev–Trinajstić information content (AvgIpc) is 3.00. The SMILES string of the molecule is Cc1sc(C(=O)NC2CCCC2)cc1C1CC1NCC1CCOCC1. The van der Waals surface area contributed by atoms with Crippen LogP contribution in [0.15, 0.2) is 6.07 Å². The van der Waals surface area contributed by atoms with Crippen LogP contribution in [0.4, 0.5) is 0 Å². The summed E-state index contributed by atoms with van der Waals surface area (Å²) in [6, 6.07) is 3.15. The van der Waals surface area contributed by atoms with Crippen LogP contribution in [0.1, 0.15) is 71.0 Å². The maximum atomic E-state index is 12.5. The fourth-order valence-corrected chi connectivity index (χ4v) is 5.33. The van der Waals surface area contributed by atoms with E-state index >= 15 is 0 Å². The van der Waals surface area contributed by atoms with Crippen molar-refractivity contribution in [1.82, 2.24) is 10.6 Å². The summed E-state index contributed by atoms with van der Waals surface area (Å²) in [7, 11) is 0. The van der Waals surface area contributed by atoms with Gasteiger partial charge in [0, 0.05) is 36.1 Å². The zero-order valence-corrected chi connectivity index (χ0v) is 16.0. The molecule has 4 rings (SSSR count). The lowest BCUT2D eigenvalue weighted by Gasteiger charge is -2.22. The Bertz CT molecular complexity index is 603. The molecule has 4 nitrogen and oxygen atoms in total. The van der Waals surface area contributed by atoms with Crippen molar-refractivity contribution in [3.63, 3.8) is 0 Å². The first-order valence-electron chi connectivity index (χ1n) is 9.93. The minimum atomic E-state index is 0.138. The van der Waals surface area contributed by atoms with Crippen molar-refractivity contribution in [3.05, 3.63) is 21.4 Å². The molecule has 2 aliphatic carbocycles. The van der Waals surface area contributed by atoms with Gasteiger partial charge in [-0.3, -0.25) is 4.79 Å². The lowest BCUT2D eigenvalue weighted by molar-refractivity contribution is 0.0662. The summed E-state index contributed by atoms with van der Waals surface area (Å²) in [6.07, 6.45) is 8.38. The number of carbonyl (C=O) groups is 1. The predicted molar refractivity (Wildman–Crippen MR) is 101 cm³/mol. The van der Waals surface area contributed by atoms with E-state index in [2.05, 4.69) is 23.6 Å². The highest BCUT2D eigenvalue weighted by Gasteiger charge is 2.40. The zero-order chi connectivity index (χ0) is 17.2. The van der Waals surface area contributed by atoms with Gasteiger partial charge in [-0.2, -0.15) is 0 Å². The van der Waals surface area contributed by atoms with Crippen molar-refractivity contribution < 1.29 is 9.53 Å². The number of thiophene rings is 1. The third-order valence-corrected chi connectivity index (χ3v) is 7.13. The minimum absolute atomic E-state index is 0.138. The van der Waals surface area contributed by atoms with Crippen LogP contribution in [0, 0.1) is 12.8 Å². The van der Waals surface area contributed by atoms with Crippen molar-refractivity contribution in [2.45, 2.75) is 69.9 Å². The molecule has 25 heavy (non-hydrogen) atoms. The minimum Gasteiger partial charge on any atom is -0.381 e. The van der Waals surface area contributed by atoms with Crippen molar-refractivity contribution in [2.75, 3.05) is 19.8 Å². The number of hydrogen-bond acceptors (Lipinski definition) is 4. The maximum Gasteiger partial charge on any atom is 0.261 e. The Balaban J connectivity index is 1.29. The molecule has 2 unspecified atom stereocenters. The van der Waals surface area contributed by atoms with E-state index in [-0.39, 0.29) is 5.91 Å².